The SMILES string of the molecule is Cc1ccc(C)c(C(=O)Cc2ccccc2C)c1. The van der Waals surface area contributed by atoms with Crippen LogP contribution in [0.2, 0.25) is 0 Å². The van der Waals surface area contributed by atoms with Crippen LogP contribution in [-0.2, 0) is 6.42 Å². The van der Waals surface area contributed by atoms with Crippen LogP contribution in [-0.4, -0.2) is 5.78 Å². The average molecular weight is 238 g/mol. The fraction of sp³-hybridized carbons (Fsp3) is 0.235. The largest absolute Gasteiger partial charge is 0.294 e. The number of Topliss-reactive ketones (excluding diaryl/α,β-unsaturated/α-hetero) is 1. The molecule has 0 saturated heterocycles. The Labute approximate surface area is 108 Å². The maximum absolute atomic E-state index is 12.3. The van der Waals surface area contributed by atoms with Crippen molar-refractivity contribution in [1.82, 2.24) is 0 Å². The standard InChI is InChI=1S/C17H18O/c1-12-8-9-14(3)16(10-12)17(18)11-15-7-5-4-6-13(15)2/h4-10H,11H2,1-3H3. The van der Waals surface area contributed by atoms with Crippen molar-refractivity contribution in [3.63, 3.8) is 0 Å². The van der Waals surface area contributed by atoms with Gasteiger partial charge in [0.05, 0.1) is 0 Å². The second-order valence-electron chi connectivity index (χ2n) is 4.84. The zero-order chi connectivity index (χ0) is 13.1. The van der Waals surface area contributed by atoms with Gasteiger partial charge < -0.3 is 0 Å². The molecule has 1 heteroatoms. The molecule has 0 N–H and O–H groups in total. The zero-order valence-electron chi connectivity index (χ0n) is 11.2. The molecule has 92 valence electrons. The molecule has 0 atom stereocenters. The van der Waals surface area contributed by atoms with Crippen LogP contribution >= 0.6 is 0 Å². The maximum Gasteiger partial charge on any atom is 0.167 e. The topological polar surface area (TPSA) is 17.1 Å². The first-order chi connectivity index (χ1) is 8.58. The molecule has 1 nitrogen and oxygen atoms in total. The van der Waals surface area contributed by atoms with Crippen LogP contribution < -0.4 is 0 Å². The molecule has 0 unspecified atom stereocenters. The maximum atomic E-state index is 12.3. The molecule has 0 aliphatic carbocycles. The summed E-state index contributed by atoms with van der Waals surface area (Å²) < 4.78 is 0. The van der Waals surface area contributed by atoms with Gasteiger partial charge in [0.15, 0.2) is 5.78 Å². The molecule has 0 aliphatic heterocycles. The van der Waals surface area contributed by atoms with E-state index in [1.807, 2.05) is 63.2 Å². The van der Waals surface area contributed by atoms with E-state index < -0.39 is 0 Å². The quantitative estimate of drug-likeness (QED) is 0.738. The smallest absolute Gasteiger partial charge is 0.167 e. The Morgan fingerprint density at radius 2 is 1.67 bits per heavy atom. The average Bonchev–Trinajstić information content (AvgIpc) is 2.35. The van der Waals surface area contributed by atoms with Crippen molar-refractivity contribution >= 4 is 5.78 Å². The molecule has 0 bridgehead atoms. The summed E-state index contributed by atoms with van der Waals surface area (Å²) in [5.74, 6) is 0.200. The Bertz CT molecular complexity index is 582. The number of rotatable bonds is 3. The first-order valence-corrected chi connectivity index (χ1v) is 6.23. The summed E-state index contributed by atoms with van der Waals surface area (Å²) in [6, 6.07) is 14.1. The lowest BCUT2D eigenvalue weighted by molar-refractivity contribution is 0.0992. The first-order valence-electron chi connectivity index (χ1n) is 6.23. The normalized spacial score (nSPS) is 10.4. The van der Waals surface area contributed by atoms with Crippen LogP contribution in [0.1, 0.15) is 32.6 Å². The summed E-state index contributed by atoms with van der Waals surface area (Å²) in [4.78, 5) is 12.3. The van der Waals surface area contributed by atoms with Crippen molar-refractivity contribution in [3.05, 3.63) is 70.3 Å². The summed E-state index contributed by atoms with van der Waals surface area (Å²) in [5, 5.41) is 0. The van der Waals surface area contributed by atoms with E-state index in [1.165, 1.54) is 5.56 Å². The van der Waals surface area contributed by atoms with Gasteiger partial charge in [0, 0.05) is 12.0 Å². The highest BCUT2D eigenvalue weighted by atomic mass is 16.1. The molecule has 0 heterocycles. The second-order valence-corrected chi connectivity index (χ2v) is 4.84. The molecule has 2 rings (SSSR count). The van der Waals surface area contributed by atoms with Gasteiger partial charge in [0.1, 0.15) is 0 Å². The van der Waals surface area contributed by atoms with Crippen LogP contribution in [0.25, 0.3) is 0 Å². The molecular formula is C17H18O. The number of aryl methyl sites for hydroxylation is 3. The van der Waals surface area contributed by atoms with Crippen LogP contribution in [0.5, 0.6) is 0 Å². The van der Waals surface area contributed by atoms with E-state index in [-0.39, 0.29) is 5.78 Å². The Morgan fingerprint density at radius 3 is 2.39 bits per heavy atom. The lowest BCUT2D eigenvalue weighted by atomic mass is 9.96. The molecule has 0 fully saturated rings. The van der Waals surface area contributed by atoms with Crippen LogP contribution in [0.4, 0.5) is 0 Å². The van der Waals surface area contributed by atoms with Gasteiger partial charge in [-0.15, -0.1) is 0 Å². The third kappa shape index (κ3) is 2.67. The van der Waals surface area contributed by atoms with Crippen molar-refractivity contribution in [2.24, 2.45) is 0 Å². The first kappa shape index (κ1) is 12.6. The van der Waals surface area contributed by atoms with Gasteiger partial charge in [0.25, 0.3) is 0 Å². The Kier molecular flexibility index (Phi) is 3.61. The lowest BCUT2D eigenvalue weighted by Crippen LogP contribution is -2.07. The molecule has 0 amide bonds. The van der Waals surface area contributed by atoms with Crippen molar-refractivity contribution < 1.29 is 4.79 Å². The number of hydrogen-bond acceptors (Lipinski definition) is 1. The van der Waals surface area contributed by atoms with Gasteiger partial charge >= 0.3 is 0 Å². The monoisotopic (exact) mass is 238 g/mol. The predicted molar refractivity (Wildman–Crippen MR) is 75.1 cm³/mol. The molecule has 2 aromatic rings. The van der Waals surface area contributed by atoms with E-state index in [0.717, 1.165) is 22.3 Å². The number of ketones is 1. The highest BCUT2D eigenvalue weighted by molar-refractivity contribution is 5.99. The second kappa shape index (κ2) is 5.18. The highest BCUT2D eigenvalue weighted by Crippen LogP contribution is 2.16. The minimum atomic E-state index is 0.200. The zero-order valence-corrected chi connectivity index (χ0v) is 11.2. The van der Waals surface area contributed by atoms with E-state index in [4.69, 9.17) is 0 Å². The molecular weight excluding hydrogens is 220 g/mol. The Morgan fingerprint density at radius 1 is 0.944 bits per heavy atom. The van der Waals surface area contributed by atoms with Crippen molar-refractivity contribution in [1.29, 1.82) is 0 Å². The van der Waals surface area contributed by atoms with Crippen molar-refractivity contribution in [3.8, 4) is 0 Å². The van der Waals surface area contributed by atoms with Gasteiger partial charge in [-0.1, -0.05) is 42.0 Å². The van der Waals surface area contributed by atoms with Gasteiger partial charge in [-0.25, -0.2) is 0 Å². The molecule has 0 aromatic heterocycles. The van der Waals surface area contributed by atoms with Crippen LogP contribution in [0, 0.1) is 20.8 Å². The van der Waals surface area contributed by atoms with E-state index in [0.29, 0.717) is 6.42 Å². The van der Waals surface area contributed by atoms with E-state index in [1.54, 1.807) is 0 Å². The number of carbonyl (C=O) groups is 1. The highest BCUT2D eigenvalue weighted by Gasteiger charge is 2.11. The number of benzene rings is 2. The summed E-state index contributed by atoms with van der Waals surface area (Å²) in [7, 11) is 0. The number of carbonyl (C=O) groups excluding carboxylic acids is 1. The van der Waals surface area contributed by atoms with Crippen LogP contribution in [0.15, 0.2) is 42.5 Å². The van der Waals surface area contributed by atoms with Gasteiger partial charge in [-0.2, -0.15) is 0 Å². The summed E-state index contributed by atoms with van der Waals surface area (Å²) >= 11 is 0. The minimum absolute atomic E-state index is 0.200. The van der Waals surface area contributed by atoms with E-state index >= 15 is 0 Å². The molecule has 0 saturated carbocycles. The third-order valence-corrected chi connectivity index (χ3v) is 3.31. The number of hydrogen-bond donors (Lipinski definition) is 0. The van der Waals surface area contributed by atoms with E-state index in [9.17, 15) is 4.79 Å². The summed E-state index contributed by atoms with van der Waals surface area (Å²) in [5.41, 5.74) is 5.32. The molecule has 2 aromatic carbocycles. The minimum Gasteiger partial charge on any atom is -0.294 e. The van der Waals surface area contributed by atoms with Crippen molar-refractivity contribution in [2.75, 3.05) is 0 Å². The van der Waals surface area contributed by atoms with Gasteiger partial charge in [0.2, 0.25) is 0 Å². The molecule has 0 radical (unpaired) electrons. The fourth-order valence-electron chi connectivity index (χ4n) is 2.11. The van der Waals surface area contributed by atoms with Gasteiger partial charge in [-0.05, 0) is 43.5 Å². The molecule has 0 aliphatic rings. The molecule has 0 spiro atoms. The predicted octanol–water partition coefficient (Wildman–Crippen LogP) is 4.04. The van der Waals surface area contributed by atoms with Crippen LogP contribution in [0.3, 0.4) is 0 Å². The third-order valence-electron chi connectivity index (χ3n) is 3.31. The fourth-order valence-corrected chi connectivity index (χ4v) is 2.11. The van der Waals surface area contributed by atoms with Crippen molar-refractivity contribution in [2.45, 2.75) is 27.2 Å². The van der Waals surface area contributed by atoms with Gasteiger partial charge in [-0.3, -0.25) is 4.79 Å². The van der Waals surface area contributed by atoms with E-state index in [2.05, 4.69) is 0 Å². The Balaban J connectivity index is 2.28. The Hall–Kier alpha value is -1.89. The lowest BCUT2D eigenvalue weighted by Gasteiger charge is -2.08. The molecule has 18 heavy (non-hydrogen) atoms. The summed E-state index contributed by atoms with van der Waals surface area (Å²) in [6.45, 7) is 6.06. The summed E-state index contributed by atoms with van der Waals surface area (Å²) in [6.07, 6.45) is 0.483.